The van der Waals surface area contributed by atoms with Gasteiger partial charge in [0.25, 0.3) is 10.0 Å². The normalized spacial score (nSPS) is 16.9. The lowest BCUT2D eigenvalue weighted by molar-refractivity contribution is -0.120. The molecule has 0 radical (unpaired) electrons. The van der Waals surface area contributed by atoms with Crippen LogP contribution < -0.4 is 5.32 Å². The first-order valence-electron chi connectivity index (χ1n) is 10.7. The standard InChI is InChI=1S/C22H32N4O3S2/c1-6-16(3)30-19-7-8-20(15(2)13-19)24-22(27)18-9-11-26(12-10-18)31(28,29)21-14-25(5)17(4)23-21/h7-8,13-14,16,18H,6,9-12H2,1-5H3,(H,24,27). The van der Waals surface area contributed by atoms with Crippen molar-refractivity contribution in [3.8, 4) is 0 Å². The Balaban J connectivity index is 1.59. The number of thioether (sulfide) groups is 1. The number of hydrogen-bond acceptors (Lipinski definition) is 5. The van der Waals surface area contributed by atoms with Crippen molar-refractivity contribution in [1.82, 2.24) is 13.9 Å². The van der Waals surface area contributed by atoms with Crippen LogP contribution in [0.4, 0.5) is 5.69 Å². The molecule has 1 aliphatic heterocycles. The molecule has 0 spiro atoms. The van der Waals surface area contributed by atoms with Crippen molar-refractivity contribution >= 4 is 33.4 Å². The Kier molecular flexibility index (Phi) is 7.49. The third kappa shape index (κ3) is 5.51. The van der Waals surface area contributed by atoms with E-state index in [0.717, 1.165) is 17.7 Å². The second-order valence-electron chi connectivity index (χ2n) is 8.22. The molecule has 7 nitrogen and oxygen atoms in total. The first-order chi connectivity index (χ1) is 14.6. The van der Waals surface area contributed by atoms with Crippen LogP contribution in [0.25, 0.3) is 0 Å². The quantitative estimate of drug-likeness (QED) is 0.627. The van der Waals surface area contributed by atoms with Crippen LogP contribution in [0.3, 0.4) is 0 Å². The molecule has 1 aromatic carbocycles. The van der Waals surface area contributed by atoms with Gasteiger partial charge in [0.05, 0.1) is 0 Å². The van der Waals surface area contributed by atoms with Crippen molar-refractivity contribution in [1.29, 1.82) is 0 Å². The van der Waals surface area contributed by atoms with E-state index in [1.807, 2.05) is 30.8 Å². The predicted molar refractivity (Wildman–Crippen MR) is 125 cm³/mol. The number of sulfonamides is 1. The number of nitrogens with zero attached hydrogens (tertiary/aromatic N) is 3. The molecule has 9 heteroatoms. The molecule has 0 bridgehead atoms. The summed E-state index contributed by atoms with van der Waals surface area (Å²) in [6, 6.07) is 6.11. The largest absolute Gasteiger partial charge is 0.337 e. The number of carbonyl (C=O) groups is 1. The van der Waals surface area contributed by atoms with E-state index in [1.54, 1.807) is 18.5 Å². The molecule has 1 amide bonds. The van der Waals surface area contributed by atoms with Gasteiger partial charge in [-0.3, -0.25) is 4.79 Å². The lowest BCUT2D eigenvalue weighted by Crippen LogP contribution is -2.41. The first kappa shape index (κ1) is 23.8. The van der Waals surface area contributed by atoms with Gasteiger partial charge in [0.15, 0.2) is 5.03 Å². The van der Waals surface area contributed by atoms with Crippen LogP contribution in [0.15, 0.2) is 34.3 Å². The van der Waals surface area contributed by atoms with Crippen LogP contribution in [0.1, 0.15) is 44.5 Å². The van der Waals surface area contributed by atoms with Crippen molar-refractivity contribution in [2.75, 3.05) is 18.4 Å². The molecule has 0 saturated carbocycles. The minimum atomic E-state index is -3.63. The van der Waals surface area contributed by atoms with Crippen LogP contribution in [-0.4, -0.2) is 46.5 Å². The number of aromatic nitrogens is 2. The number of rotatable bonds is 7. The van der Waals surface area contributed by atoms with Crippen LogP contribution >= 0.6 is 11.8 Å². The number of anilines is 1. The fourth-order valence-electron chi connectivity index (χ4n) is 3.54. The Labute approximate surface area is 189 Å². The zero-order valence-electron chi connectivity index (χ0n) is 18.9. The second-order valence-corrected chi connectivity index (χ2v) is 11.6. The topological polar surface area (TPSA) is 84.3 Å². The summed E-state index contributed by atoms with van der Waals surface area (Å²) in [7, 11) is -1.85. The summed E-state index contributed by atoms with van der Waals surface area (Å²) >= 11 is 1.83. The Morgan fingerprint density at radius 1 is 1.29 bits per heavy atom. The fraction of sp³-hybridized carbons (Fsp3) is 0.545. The van der Waals surface area contributed by atoms with Gasteiger partial charge in [0, 0.05) is 48.1 Å². The SMILES string of the molecule is CCC(C)Sc1ccc(NC(=O)C2CCN(S(=O)(=O)c3cn(C)c(C)n3)CC2)c(C)c1. The summed E-state index contributed by atoms with van der Waals surface area (Å²) in [5.41, 5.74) is 1.85. The highest BCUT2D eigenvalue weighted by molar-refractivity contribution is 7.99. The highest BCUT2D eigenvalue weighted by Crippen LogP contribution is 2.29. The van der Waals surface area contributed by atoms with E-state index in [0.29, 0.717) is 37.0 Å². The molecule has 31 heavy (non-hydrogen) atoms. The van der Waals surface area contributed by atoms with Crippen LogP contribution in [0.5, 0.6) is 0 Å². The van der Waals surface area contributed by atoms with Crippen molar-refractivity contribution in [3.63, 3.8) is 0 Å². The predicted octanol–water partition coefficient (Wildman–Crippen LogP) is 3.97. The van der Waals surface area contributed by atoms with E-state index in [9.17, 15) is 13.2 Å². The summed E-state index contributed by atoms with van der Waals surface area (Å²) in [5, 5.41) is 3.66. The molecule has 1 fully saturated rings. The molecule has 1 unspecified atom stereocenters. The molecule has 170 valence electrons. The smallest absolute Gasteiger partial charge is 0.262 e. The molecule has 1 aliphatic rings. The Hall–Kier alpha value is -1.84. The molecule has 2 aromatic rings. The van der Waals surface area contributed by atoms with Gasteiger partial charge in [-0.2, -0.15) is 4.31 Å². The lowest BCUT2D eigenvalue weighted by Gasteiger charge is -2.30. The van der Waals surface area contributed by atoms with Crippen molar-refractivity contribution in [2.24, 2.45) is 13.0 Å². The van der Waals surface area contributed by atoms with E-state index in [2.05, 4.69) is 30.2 Å². The number of piperidine rings is 1. The molecular formula is C22H32N4O3S2. The van der Waals surface area contributed by atoms with Gasteiger partial charge in [-0.15, -0.1) is 11.8 Å². The highest BCUT2D eigenvalue weighted by Gasteiger charge is 2.33. The number of aryl methyl sites for hydroxylation is 3. The van der Waals surface area contributed by atoms with Crippen LogP contribution in [0, 0.1) is 19.8 Å². The maximum Gasteiger partial charge on any atom is 0.262 e. The number of benzene rings is 1. The van der Waals surface area contributed by atoms with Gasteiger partial charge in [0.2, 0.25) is 5.91 Å². The Morgan fingerprint density at radius 3 is 2.52 bits per heavy atom. The Bertz CT molecular complexity index is 1020. The van der Waals surface area contributed by atoms with Crippen LogP contribution in [0.2, 0.25) is 0 Å². The molecule has 1 aromatic heterocycles. The highest BCUT2D eigenvalue weighted by atomic mass is 32.2. The molecule has 1 N–H and O–H groups in total. The third-order valence-corrected chi connectivity index (χ3v) is 8.92. The summed E-state index contributed by atoms with van der Waals surface area (Å²) in [4.78, 5) is 18.2. The van der Waals surface area contributed by atoms with Gasteiger partial charge >= 0.3 is 0 Å². The lowest BCUT2D eigenvalue weighted by atomic mass is 9.97. The van der Waals surface area contributed by atoms with Gasteiger partial charge < -0.3 is 9.88 Å². The van der Waals surface area contributed by atoms with Crippen molar-refractivity contribution in [3.05, 3.63) is 35.8 Å². The summed E-state index contributed by atoms with van der Waals surface area (Å²) in [6.45, 7) is 8.79. The maximum absolute atomic E-state index is 12.8. The maximum atomic E-state index is 12.8. The van der Waals surface area contributed by atoms with Crippen LogP contribution in [-0.2, 0) is 21.9 Å². The average Bonchev–Trinajstić information content (AvgIpc) is 3.09. The monoisotopic (exact) mass is 464 g/mol. The van der Waals surface area contributed by atoms with E-state index >= 15 is 0 Å². The molecule has 1 saturated heterocycles. The molecule has 0 aliphatic carbocycles. The summed E-state index contributed by atoms with van der Waals surface area (Å²) < 4.78 is 28.8. The number of imidazole rings is 1. The number of carbonyl (C=O) groups excluding carboxylic acids is 1. The van der Waals surface area contributed by atoms with Gasteiger partial charge in [0.1, 0.15) is 5.82 Å². The van der Waals surface area contributed by atoms with Gasteiger partial charge in [-0.05, 0) is 56.9 Å². The minimum Gasteiger partial charge on any atom is -0.337 e. The number of amides is 1. The second kappa shape index (κ2) is 9.75. The van der Waals surface area contributed by atoms with Gasteiger partial charge in [-0.25, -0.2) is 13.4 Å². The average molecular weight is 465 g/mol. The van der Waals surface area contributed by atoms with E-state index in [4.69, 9.17) is 0 Å². The van der Waals surface area contributed by atoms with Gasteiger partial charge in [-0.1, -0.05) is 13.8 Å². The van der Waals surface area contributed by atoms with E-state index in [1.165, 1.54) is 15.4 Å². The Morgan fingerprint density at radius 2 is 1.97 bits per heavy atom. The molecule has 3 rings (SSSR count). The summed E-state index contributed by atoms with van der Waals surface area (Å²) in [5.74, 6) is 0.401. The van der Waals surface area contributed by atoms with E-state index < -0.39 is 10.0 Å². The molecule has 1 atom stereocenters. The zero-order valence-corrected chi connectivity index (χ0v) is 20.5. The number of nitrogens with one attached hydrogen (secondary N) is 1. The molecular weight excluding hydrogens is 432 g/mol. The fourth-order valence-corrected chi connectivity index (χ4v) is 6.06. The van der Waals surface area contributed by atoms with Crippen molar-refractivity contribution < 1.29 is 13.2 Å². The zero-order chi connectivity index (χ0) is 22.8. The third-order valence-electron chi connectivity index (χ3n) is 5.88. The minimum absolute atomic E-state index is 0.0452. The molecule has 2 heterocycles. The van der Waals surface area contributed by atoms with Crippen molar-refractivity contribution in [2.45, 2.75) is 62.1 Å². The first-order valence-corrected chi connectivity index (χ1v) is 13.0. The van der Waals surface area contributed by atoms with E-state index in [-0.39, 0.29) is 16.9 Å². The summed E-state index contributed by atoms with van der Waals surface area (Å²) in [6.07, 6.45) is 3.64. The number of hydrogen-bond donors (Lipinski definition) is 1.